The Bertz CT molecular complexity index is 1050. The van der Waals surface area contributed by atoms with Crippen molar-refractivity contribution in [1.29, 1.82) is 0 Å². The molecule has 0 aliphatic carbocycles. The number of pyridine rings is 1. The van der Waals surface area contributed by atoms with E-state index >= 15 is 0 Å². The number of nitrogens with one attached hydrogen (secondary N) is 1. The molecule has 0 saturated carbocycles. The number of nitrogens with zero attached hydrogens (tertiary/aromatic N) is 4. The Morgan fingerprint density at radius 1 is 0.933 bits per heavy atom. The molecule has 2 aromatic heterocycles. The Morgan fingerprint density at radius 2 is 1.73 bits per heavy atom. The number of hydrogen-bond acceptors (Lipinski definition) is 6. The van der Waals surface area contributed by atoms with Gasteiger partial charge < -0.3 is 9.47 Å². The molecule has 30 heavy (non-hydrogen) atoms. The third kappa shape index (κ3) is 6.01. The van der Waals surface area contributed by atoms with Gasteiger partial charge in [0.05, 0.1) is 17.8 Å². The molecule has 7 nitrogen and oxygen atoms in total. The summed E-state index contributed by atoms with van der Waals surface area (Å²) in [5.74, 6) is 2.25. The molecule has 4 rings (SSSR count). The van der Waals surface area contributed by atoms with Crippen molar-refractivity contribution in [2.45, 2.75) is 40.2 Å². The van der Waals surface area contributed by atoms with E-state index < -0.39 is 0 Å². The minimum atomic E-state index is 0.408. The first-order valence-electron chi connectivity index (χ1n) is 10.2. The van der Waals surface area contributed by atoms with Crippen LogP contribution in [0.1, 0.15) is 37.4 Å². The zero-order valence-corrected chi connectivity index (χ0v) is 17.6. The third-order valence-corrected chi connectivity index (χ3v) is 4.27. The number of rotatable bonds is 8. The Balaban J connectivity index is 0.00000124. The lowest BCUT2D eigenvalue weighted by atomic mass is 10.2. The molecule has 2 aromatic carbocycles. The van der Waals surface area contributed by atoms with Gasteiger partial charge in [0.2, 0.25) is 0 Å². The van der Waals surface area contributed by atoms with Crippen LogP contribution < -0.4 is 9.47 Å². The average molecular weight is 406 g/mol. The highest BCUT2D eigenvalue weighted by Gasteiger charge is 2.04. The van der Waals surface area contributed by atoms with Crippen LogP contribution in [0.2, 0.25) is 0 Å². The summed E-state index contributed by atoms with van der Waals surface area (Å²) in [7, 11) is 0. The van der Waals surface area contributed by atoms with E-state index in [0.717, 1.165) is 46.5 Å². The van der Waals surface area contributed by atoms with E-state index in [-0.39, 0.29) is 0 Å². The molecule has 0 saturated heterocycles. The number of tetrazole rings is 1. The maximum Gasteiger partial charge on any atom is 0.174 e. The first-order chi connectivity index (χ1) is 14.8. The van der Waals surface area contributed by atoms with E-state index in [2.05, 4.69) is 37.7 Å². The van der Waals surface area contributed by atoms with Gasteiger partial charge in [0, 0.05) is 17.9 Å². The monoisotopic (exact) mass is 405 g/mol. The van der Waals surface area contributed by atoms with Crippen LogP contribution in [0.5, 0.6) is 11.5 Å². The Kier molecular flexibility index (Phi) is 7.71. The molecular weight excluding hydrogens is 378 g/mol. The van der Waals surface area contributed by atoms with Crippen LogP contribution in [0.15, 0.2) is 54.6 Å². The molecule has 7 heteroatoms. The van der Waals surface area contributed by atoms with Gasteiger partial charge in [-0.1, -0.05) is 43.3 Å². The van der Waals surface area contributed by atoms with E-state index in [1.807, 2.05) is 63.2 Å². The summed E-state index contributed by atoms with van der Waals surface area (Å²) < 4.78 is 11.8. The van der Waals surface area contributed by atoms with Crippen LogP contribution in [0.3, 0.4) is 0 Å². The van der Waals surface area contributed by atoms with Crippen LogP contribution in [0.25, 0.3) is 10.9 Å². The molecule has 0 aliphatic rings. The van der Waals surface area contributed by atoms with Gasteiger partial charge in [0.25, 0.3) is 0 Å². The van der Waals surface area contributed by atoms with E-state index in [9.17, 15) is 0 Å². The summed E-state index contributed by atoms with van der Waals surface area (Å²) in [6, 6.07) is 18.0. The number of para-hydroxylation sites is 1. The second kappa shape index (κ2) is 10.9. The van der Waals surface area contributed by atoms with Gasteiger partial charge in [-0.25, -0.2) is 4.98 Å². The zero-order valence-electron chi connectivity index (χ0n) is 17.6. The number of hydrogen-bond donors (Lipinski definition) is 1. The number of benzene rings is 2. The number of aromatic amines is 1. The molecule has 156 valence electrons. The first-order valence-corrected chi connectivity index (χ1v) is 10.2. The molecule has 2 heterocycles. The van der Waals surface area contributed by atoms with Gasteiger partial charge in [-0.05, 0) is 43.2 Å². The molecule has 0 spiro atoms. The summed E-state index contributed by atoms with van der Waals surface area (Å²) >= 11 is 0. The number of ether oxygens (including phenoxy) is 2. The highest BCUT2D eigenvalue weighted by atomic mass is 16.5. The average Bonchev–Trinajstić information content (AvgIpc) is 3.30. The maximum absolute atomic E-state index is 5.95. The highest BCUT2D eigenvalue weighted by Crippen LogP contribution is 2.24. The highest BCUT2D eigenvalue weighted by molar-refractivity contribution is 5.78. The van der Waals surface area contributed by atoms with Gasteiger partial charge in [0.15, 0.2) is 5.82 Å². The summed E-state index contributed by atoms with van der Waals surface area (Å²) in [6.45, 7) is 7.00. The van der Waals surface area contributed by atoms with Gasteiger partial charge in [-0.2, -0.15) is 5.21 Å². The standard InChI is InChI=1S/C21H21N5O2.C2H6/c1-15-11-18(27-10-4-7-21-23-25-26-24-21)13-19(12-15)28-14-17-9-8-16-5-2-3-6-20(16)22-17;1-2/h2-3,5-6,8-9,11-13H,4,7,10,14H2,1H3,(H,23,24,25,26);1-2H3. The van der Waals surface area contributed by atoms with Gasteiger partial charge >= 0.3 is 0 Å². The molecule has 0 amide bonds. The quantitative estimate of drug-likeness (QED) is 0.429. The molecular formula is C23H27N5O2. The predicted octanol–water partition coefficient (Wildman–Crippen LogP) is 4.67. The molecule has 0 fully saturated rings. The fourth-order valence-electron chi connectivity index (χ4n) is 2.94. The Hall–Kier alpha value is -3.48. The smallest absolute Gasteiger partial charge is 0.174 e. The number of H-pyrrole nitrogens is 1. The topological polar surface area (TPSA) is 85.8 Å². The minimum absolute atomic E-state index is 0.408. The van der Waals surface area contributed by atoms with E-state index in [0.29, 0.717) is 19.0 Å². The Labute approximate surface area is 176 Å². The van der Waals surface area contributed by atoms with Gasteiger partial charge in [0.1, 0.15) is 18.1 Å². The fraction of sp³-hybridized carbons (Fsp3) is 0.304. The van der Waals surface area contributed by atoms with Crippen molar-refractivity contribution in [3.63, 3.8) is 0 Å². The summed E-state index contributed by atoms with van der Waals surface area (Å²) in [5, 5.41) is 15.0. The first kappa shape index (κ1) is 21.2. The van der Waals surface area contributed by atoms with Crippen molar-refractivity contribution >= 4 is 10.9 Å². The second-order valence-electron chi connectivity index (χ2n) is 6.55. The SMILES string of the molecule is CC.Cc1cc(OCCCc2nn[nH]n2)cc(OCc2ccc3ccccc3n2)c1. The lowest BCUT2D eigenvalue weighted by molar-refractivity contribution is 0.289. The second-order valence-corrected chi connectivity index (χ2v) is 6.55. The Morgan fingerprint density at radius 3 is 2.53 bits per heavy atom. The van der Waals surface area contributed by atoms with E-state index in [4.69, 9.17) is 9.47 Å². The lowest BCUT2D eigenvalue weighted by Crippen LogP contribution is -2.02. The number of fused-ring (bicyclic) bond motifs is 1. The summed E-state index contributed by atoms with van der Waals surface area (Å²) in [4.78, 5) is 4.64. The molecule has 4 aromatic rings. The summed E-state index contributed by atoms with van der Waals surface area (Å²) in [6.07, 6.45) is 1.53. The predicted molar refractivity (Wildman–Crippen MR) is 117 cm³/mol. The lowest BCUT2D eigenvalue weighted by Gasteiger charge is -2.11. The molecule has 0 unspecified atom stereocenters. The third-order valence-electron chi connectivity index (χ3n) is 4.27. The van der Waals surface area contributed by atoms with Crippen molar-refractivity contribution in [2.75, 3.05) is 6.61 Å². The minimum Gasteiger partial charge on any atom is -0.493 e. The van der Waals surface area contributed by atoms with Crippen molar-refractivity contribution < 1.29 is 9.47 Å². The molecule has 0 aliphatic heterocycles. The normalized spacial score (nSPS) is 10.4. The molecule has 0 atom stereocenters. The number of aromatic nitrogens is 5. The van der Waals surface area contributed by atoms with Gasteiger partial charge in [-0.3, -0.25) is 0 Å². The van der Waals surface area contributed by atoms with E-state index in [1.54, 1.807) is 0 Å². The van der Waals surface area contributed by atoms with Crippen molar-refractivity contribution in [2.24, 2.45) is 0 Å². The molecule has 0 radical (unpaired) electrons. The zero-order chi connectivity index (χ0) is 21.2. The van der Waals surface area contributed by atoms with Gasteiger partial charge in [-0.15, -0.1) is 10.2 Å². The van der Waals surface area contributed by atoms with Crippen LogP contribution in [0.4, 0.5) is 0 Å². The van der Waals surface area contributed by atoms with Crippen LogP contribution in [-0.2, 0) is 13.0 Å². The van der Waals surface area contributed by atoms with Crippen molar-refractivity contribution in [3.05, 3.63) is 71.7 Å². The maximum atomic E-state index is 5.95. The van der Waals surface area contributed by atoms with Crippen LogP contribution >= 0.6 is 0 Å². The summed E-state index contributed by atoms with van der Waals surface area (Å²) in [5.41, 5.74) is 2.94. The van der Waals surface area contributed by atoms with Crippen LogP contribution in [0, 0.1) is 6.92 Å². The molecule has 1 N–H and O–H groups in total. The molecule has 0 bridgehead atoms. The van der Waals surface area contributed by atoms with Crippen molar-refractivity contribution in [1.82, 2.24) is 25.6 Å². The van der Waals surface area contributed by atoms with Crippen LogP contribution in [-0.4, -0.2) is 32.2 Å². The van der Waals surface area contributed by atoms with Crippen molar-refractivity contribution in [3.8, 4) is 11.5 Å². The number of aryl methyl sites for hydroxylation is 2. The largest absolute Gasteiger partial charge is 0.493 e. The van der Waals surface area contributed by atoms with E-state index in [1.165, 1.54) is 0 Å². The fourth-order valence-corrected chi connectivity index (χ4v) is 2.94.